The van der Waals surface area contributed by atoms with Crippen molar-refractivity contribution in [2.24, 2.45) is 5.92 Å². The third-order valence-corrected chi connectivity index (χ3v) is 5.76. The van der Waals surface area contributed by atoms with E-state index in [2.05, 4.69) is 10.6 Å². The average Bonchev–Trinajstić information content (AvgIpc) is 3.15. The van der Waals surface area contributed by atoms with Crippen molar-refractivity contribution < 1.29 is 14.3 Å². The molecule has 4 rings (SSSR count). The fourth-order valence-electron chi connectivity index (χ4n) is 3.98. The van der Waals surface area contributed by atoms with E-state index in [4.69, 9.17) is 19.7 Å². The van der Waals surface area contributed by atoms with Crippen molar-refractivity contribution in [1.29, 1.82) is 5.26 Å². The fraction of sp³-hybridized carbons (Fsp3) is 0.423. The van der Waals surface area contributed by atoms with E-state index in [-0.39, 0.29) is 6.09 Å². The lowest BCUT2D eigenvalue weighted by molar-refractivity contribution is 0.0162. The lowest BCUT2D eigenvalue weighted by Gasteiger charge is -2.33. The Balaban J connectivity index is 1.41. The molecule has 1 amide bonds. The standard InChI is InChI=1S/C26H30N4O3/c1-26(2,3)33-25(31)29-14-12-21(13-15-29)18-32-24-28-22-6-4-5-7-23(22)30(24)17-20-10-8-19(16-27)9-11-20/h4-11,21H,12-15,17-18H2,1-3H3. The number of likely N-dealkylation sites (tertiary alicyclic amines) is 1. The summed E-state index contributed by atoms with van der Waals surface area (Å²) < 4.78 is 13.8. The number of aromatic nitrogens is 2. The summed E-state index contributed by atoms with van der Waals surface area (Å²) in [6, 6.07) is 18.3. The van der Waals surface area contributed by atoms with Crippen LogP contribution in [0.3, 0.4) is 0 Å². The molecule has 0 saturated carbocycles. The Bertz CT molecular complexity index is 1150. The second-order valence-corrected chi connectivity index (χ2v) is 9.50. The first-order chi connectivity index (χ1) is 15.8. The van der Waals surface area contributed by atoms with Crippen molar-refractivity contribution in [1.82, 2.24) is 14.5 Å². The minimum Gasteiger partial charge on any atom is -0.464 e. The number of carbonyl (C=O) groups is 1. The van der Waals surface area contributed by atoms with Gasteiger partial charge in [-0.25, -0.2) is 4.79 Å². The van der Waals surface area contributed by atoms with Crippen LogP contribution < -0.4 is 4.74 Å². The van der Waals surface area contributed by atoms with E-state index >= 15 is 0 Å². The topological polar surface area (TPSA) is 80.4 Å². The van der Waals surface area contributed by atoms with Crippen LogP contribution in [0.5, 0.6) is 6.01 Å². The highest BCUT2D eigenvalue weighted by atomic mass is 16.6. The van der Waals surface area contributed by atoms with Crippen LogP contribution in [0.4, 0.5) is 4.79 Å². The SMILES string of the molecule is CC(C)(C)OC(=O)N1CCC(COc2nc3ccccc3n2Cc2ccc(C#N)cc2)CC1. The van der Waals surface area contributed by atoms with Gasteiger partial charge in [-0.05, 0) is 69.4 Å². The van der Waals surface area contributed by atoms with E-state index in [9.17, 15) is 4.79 Å². The van der Waals surface area contributed by atoms with Gasteiger partial charge in [-0.2, -0.15) is 10.2 Å². The van der Waals surface area contributed by atoms with Gasteiger partial charge in [0.05, 0.1) is 35.8 Å². The third kappa shape index (κ3) is 5.64. The Morgan fingerprint density at radius 2 is 1.82 bits per heavy atom. The van der Waals surface area contributed by atoms with Gasteiger partial charge in [0.2, 0.25) is 0 Å². The van der Waals surface area contributed by atoms with Gasteiger partial charge in [0.15, 0.2) is 0 Å². The van der Waals surface area contributed by atoms with E-state index in [0.717, 1.165) is 29.4 Å². The van der Waals surface area contributed by atoms with Gasteiger partial charge in [0.25, 0.3) is 6.01 Å². The summed E-state index contributed by atoms with van der Waals surface area (Å²) in [6.45, 7) is 8.16. The molecule has 1 saturated heterocycles. The number of benzene rings is 2. The van der Waals surface area contributed by atoms with Crippen LogP contribution in [0.25, 0.3) is 11.0 Å². The molecule has 1 fully saturated rings. The largest absolute Gasteiger partial charge is 0.464 e. The van der Waals surface area contributed by atoms with Gasteiger partial charge in [0.1, 0.15) is 5.60 Å². The summed E-state index contributed by atoms with van der Waals surface area (Å²) in [5.41, 5.74) is 3.14. The number of rotatable bonds is 5. The van der Waals surface area contributed by atoms with Crippen LogP contribution in [-0.4, -0.2) is 45.8 Å². The first kappa shape index (κ1) is 22.7. The van der Waals surface area contributed by atoms with E-state index in [1.165, 1.54) is 0 Å². The minimum atomic E-state index is -0.481. The molecule has 0 bridgehead atoms. The maximum atomic E-state index is 12.3. The number of hydrogen-bond acceptors (Lipinski definition) is 5. The van der Waals surface area contributed by atoms with Gasteiger partial charge < -0.3 is 14.4 Å². The third-order valence-electron chi connectivity index (χ3n) is 5.76. The molecule has 0 aliphatic carbocycles. The van der Waals surface area contributed by atoms with Crippen molar-refractivity contribution in [2.75, 3.05) is 19.7 Å². The quantitative estimate of drug-likeness (QED) is 0.552. The monoisotopic (exact) mass is 446 g/mol. The van der Waals surface area contributed by atoms with E-state index in [0.29, 0.717) is 43.7 Å². The minimum absolute atomic E-state index is 0.244. The zero-order valence-electron chi connectivity index (χ0n) is 19.5. The number of nitrogens with zero attached hydrogens (tertiary/aromatic N) is 4. The molecule has 1 aromatic heterocycles. The molecule has 3 aromatic rings. The molecule has 0 radical (unpaired) electrons. The Hall–Kier alpha value is -3.53. The predicted octanol–water partition coefficient (Wildman–Crippen LogP) is 4.98. The highest BCUT2D eigenvalue weighted by Crippen LogP contribution is 2.25. The summed E-state index contributed by atoms with van der Waals surface area (Å²) in [6.07, 6.45) is 1.50. The molecule has 172 valence electrons. The summed E-state index contributed by atoms with van der Waals surface area (Å²) in [5, 5.41) is 9.05. The molecule has 0 N–H and O–H groups in total. The van der Waals surface area contributed by atoms with Crippen LogP contribution >= 0.6 is 0 Å². The zero-order valence-corrected chi connectivity index (χ0v) is 19.5. The van der Waals surface area contributed by atoms with Crippen molar-refractivity contribution in [3.8, 4) is 12.1 Å². The van der Waals surface area contributed by atoms with Gasteiger partial charge >= 0.3 is 6.09 Å². The van der Waals surface area contributed by atoms with E-state index in [1.54, 1.807) is 4.90 Å². The highest BCUT2D eigenvalue weighted by Gasteiger charge is 2.27. The molecule has 7 heteroatoms. The number of hydrogen-bond donors (Lipinski definition) is 0. The molecule has 7 nitrogen and oxygen atoms in total. The van der Waals surface area contributed by atoms with Crippen LogP contribution in [0.15, 0.2) is 48.5 Å². The van der Waals surface area contributed by atoms with Crippen LogP contribution in [0.1, 0.15) is 44.7 Å². The maximum Gasteiger partial charge on any atom is 0.410 e. The first-order valence-electron chi connectivity index (χ1n) is 11.4. The number of imidazole rings is 1. The Morgan fingerprint density at radius 1 is 1.12 bits per heavy atom. The lowest BCUT2D eigenvalue weighted by Crippen LogP contribution is -2.42. The lowest BCUT2D eigenvalue weighted by atomic mass is 9.98. The van der Waals surface area contributed by atoms with Crippen LogP contribution in [0, 0.1) is 17.2 Å². The predicted molar refractivity (Wildman–Crippen MR) is 126 cm³/mol. The number of piperidine rings is 1. The number of para-hydroxylation sites is 2. The summed E-state index contributed by atoms with van der Waals surface area (Å²) in [4.78, 5) is 18.8. The van der Waals surface area contributed by atoms with Crippen LogP contribution in [0.2, 0.25) is 0 Å². The molecular formula is C26H30N4O3. The maximum absolute atomic E-state index is 12.3. The molecule has 0 unspecified atom stereocenters. The van der Waals surface area contributed by atoms with Crippen molar-refractivity contribution in [3.05, 3.63) is 59.7 Å². The second-order valence-electron chi connectivity index (χ2n) is 9.50. The molecule has 33 heavy (non-hydrogen) atoms. The van der Waals surface area contributed by atoms with E-state index in [1.807, 2.05) is 69.3 Å². The number of nitriles is 1. The number of fused-ring (bicyclic) bond motifs is 1. The average molecular weight is 447 g/mol. The molecule has 2 aromatic carbocycles. The summed E-state index contributed by atoms with van der Waals surface area (Å²) in [7, 11) is 0. The molecule has 0 spiro atoms. The van der Waals surface area contributed by atoms with Crippen LogP contribution in [-0.2, 0) is 11.3 Å². The molecule has 2 heterocycles. The fourth-order valence-corrected chi connectivity index (χ4v) is 3.98. The Morgan fingerprint density at radius 3 is 2.48 bits per heavy atom. The number of carbonyl (C=O) groups excluding carboxylic acids is 1. The Kier molecular flexibility index (Phi) is 6.55. The summed E-state index contributed by atoms with van der Waals surface area (Å²) in [5.74, 6) is 0.354. The summed E-state index contributed by atoms with van der Waals surface area (Å²) >= 11 is 0. The normalized spacial score (nSPS) is 14.8. The zero-order chi connectivity index (χ0) is 23.4. The Labute approximate surface area is 194 Å². The van der Waals surface area contributed by atoms with E-state index < -0.39 is 5.60 Å². The van der Waals surface area contributed by atoms with Gasteiger partial charge in [0, 0.05) is 13.1 Å². The van der Waals surface area contributed by atoms with Gasteiger partial charge in [-0.15, -0.1) is 0 Å². The highest BCUT2D eigenvalue weighted by molar-refractivity contribution is 5.76. The van der Waals surface area contributed by atoms with Crippen molar-refractivity contribution in [2.45, 2.75) is 45.8 Å². The van der Waals surface area contributed by atoms with Crippen molar-refractivity contribution in [3.63, 3.8) is 0 Å². The molecular weight excluding hydrogens is 416 g/mol. The van der Waals surface area contributed by atoms with Gasteiger partial charge in [-0.3, -0.25) is 4.57 Å². The number of ether oxygens (including phenoxy) is 2. The molecule has 1 aliphatic heterocycles. The molecule has 0 atom stereocenters. The molecule has 1 aliphatic rings. The first-order valence-corrected chi connectivity index (χ1v) is 11.4. The number of amides is 1. The van der Waals surface area contributed by atoms with Gasteiger partial charge in [-0.1, -0.05) is 24.3 Å². The van der Waals surface area contributed by atoms with Crippen molar-refractivity contribution >= 4 is 17.1 Å². The second kappa shape index (κ2) is 9.53. The smallest absolute Gasteiger partial charge is 0.410 e.